The highest BCUT2D eigenvalue weighted by molar-refractivity contribution is 5.94. The number of hydrogen-bond acceptors (Lipinski definition) is 5. The molecule has 1 N–H and O–H groups in total. The van der Waals surface area contributed by atoms with Crippen LogP contribution in [0.2, 0.25) is 0 Å². The lowest BCUT2D eigenvalue weighted by Gasteiger charge is -2.32. The summed E-state index contributed by atoms with van der Waals surface area (Å²) in [6, 6.07) is 6.40. The first-order valence-electron chi connectivity index (χ1n) is 9.04. The summed E-state index contributed by atoms with van der Waals surface area (Å²) in [6.45, 7) is 1.97. The van der Waals surface area contributed by atoms with Gasteiger partial charge in [-0.15, -0.1) is 10.2 Å². The molecule has 1 aromatic carbocycles. The van der Waals surface area contributed by atoms with Crippen LogP contribution < -0.4 is 0 Å². The van der Waals surface area contributed by atoms with Gasteiger partial charge in [0.1, 0.15) is 11.6 Å². The molecule has 0 bridgehead atoms. The highest BCUT2D eigenvalue weighted by atomic mass is 16.3. The predicted molar refractivity (Wildman–Crippen MR) is 98.3 cm³/mol. The number of amides is 1. The zero-order chi connectivity index (χ0) is 18.8. The molecular formula is C19H22N6O2. The van der Waals surface area contributed by atoms with Crippen molar-refractivity contribution < 1.29 is 9.90 Å². The molecule has 1 aliphatic heterocycles. The molecule has 8 heteroatoms. The first kappa shape index (κ1) is 17.3. The lowest BCUT2D eigenvalue weighted by atomic mass is 9.96. The number of carbonyl (C=O) groups excluding carboxylic acids is 1. The second-order valence-corrected chi connectivity index (χ2v) is 6.91. The van der Waals surface area contributed by atoms with Gasteiger partial charge in [-0.2, -0.15) is 0 Å². The number of hydrogen-bond donors (Lipinski definition) is 1. The number of phenolic OH excluding ortho intramolecular Hbond substituents is 1. The second-order valence-electron chi connectivity index (χ2n) is 6.91. The first-order chi connectivity index (χ1) is 13.1. The number of aromatic hydroxyl groups is 1. The van der Waals surface area contributed by atoms with E-state index in [1.807, 2.05) is 27.3 Å². The Balaban J connectivity index is 1.49. The summed E-state index contributed by atoms with van der Waals surface area (Å²) < 4.78 is 3.98. The fraction of sp³-hybridized carbons (Fsp3) is 0.368. The lowest BCUT2D eigenvalue weighted by molar-refractivity contribution is 0.0703. The molecule has 4 rings (SSSR count). The van der Waals surface area contributed by atoms with Crippen molar-refractivity contribution in [2.45, 2.75) is 25.3 Å². The molecular weight excluding hydrogens is 344 g/mol. The van der Waals surface area contributed by atoms with E-state index in [0.717, 1.165) is 31.0 Å². The molecule has 0 unspecified atom stereocenters. The number of imidazole rings is 1. The molecule has 1 aliphatic rings. The van der Waals surface area contributed by atoms with Gasteiger partial charge < -0.3 is 19.1 Å². The number of nitrogens with zero attached hydrogens (tertiary/aromatic N) is 6. The quantitative estimate of drug-likeness (QED) is 0.760. The Hall–Kier alpha value is -3.16. The largest absolute Gasteiger partial charge is 0.508 e. The third-order valence-electron chi connectivity index (χ3n) is 5.07. The van der Waals surface area contributed by atoms with Crippen LogP contribution in [-0.4, -0.2) is 53.3 Å². The number of piperidine rings is 1. The Labute approximate surface area is 157 Å². The molecule has 0 saturated carbocycles. The molecule has 1 fully saturated rings. The van der Waals surface area contributed by atoms with Gasteiger partial charge in [0.25, 0.3) is 5.91 Å². The average Bonchev–Trinajstić information content (AvgIpc) is 3.33. The van der Waals surface area contributed by atoms with E-state index >= 15 is 0 Å². The minimum absolute atomic E-state index is 0.0134. The topological polar surface area (TPSA) is 89.1 Å². The highest BCUT2D eigenvalue weighted by Crippen LogP contribution is 2.27. The van der Waals surface area contributed by atoms with E-state index < -0.39 is 0 Å². The van der Waals surface area contributed by atoms with E-state index in [-0.39, 0.29) is 17.6 Å². The van der Waals surface area contributed by atoms with Crippen molar-refractivity contribution in [3.8, 4) is 5.75 Å². The van der Waals surface area contributed by atoms with Crippen molar-refractivity contribution in [2.75, 3.05) is 13.1 Å². The van der Waals surface area contributed by atoms with E-state index in [0.29, 0.717) is 18.7 Å². The number of phenols is 1. The maximum atomic E-state index is 12.8. The smallest absolute Gasteiger partial charge is 0.253 e. The summed E-state index contributed by atoms with van der Waals surface area (Å²) in [5.74, 6) is 2.08. The Morgan fingerprint density at radius 1 is 1.26 bits per heavy atom. The first-order valence-corrected chi connectivity index (χ1v) is 9.04. The maximum Gasteiger partial charge on any atom is 0.253 e. The molecule has 1 amide bonds. The van der Waals surface area contributed by atoms with Crippen molar-refractivity contribution >= 4 is 5.91 Å². The maximum absolute atomic E-state index is 12.8. The zero-order valence-corrected chi connectivity index (χ0v) is 15.2. The van der Waals surface area contributed by atoms with Gasteiger partial charge in [-0.3, -0.25) is 4.79 Å². The molecule has 0 aliphatic carbocycles. The Morgan fingerprint density at radius 3 is 2.81 bits per heavy atom. The van der Waals surface area contributed by atoms with Crippen molar-refractivity contribution in [3.63, 3.8) is 0 Å². The normalized spacial score (nSPS) is 17.2. The van der Waals surface area contributed by atoms with Crippen molar-refractivity contribution in [2.24, 2.45) is 7.05 Å². The van der Waals surface area contributed by atoms with Gasteiger partial charge in [0.15, 0.2) is 5.82 Å². The van der Waals surface area contributed by atoms with Crippen LogP contribution in [-0.2, 0) is 13.6 Å². The summed E-state index contributed by atoms with van der Waals surface area (Å²) in [6.07, 6.45) is 7.31. The third-order valence-corrected chi connectivity index (χ3v) is 5.07. The Bertz CT molecular complexity index is 916. The van der Waals surface area contributed by atoms with Gasteiger partial charge in [-0.05, 0) is 37.1 Å². The summed E-state index contributed by atoms with van der Waals surface area (Å²) in [7, 11) is 1.97. The molecule has 1 saturated heterocycles. The van der Waals surface area contributed by atoms with Gasteiger partial charge in [0.05, 0.1) is 12.9 Å². The predicted octanol–water partition coefficient (Wildman–Crippen LogP) is 1.79. The van der Waals surface area contributed by atoms with Crippen LogP contribution >= 0.6 is 0 Å². The number of benzene rings is 1. The Kier molecular flexibility index (Phi) is 4.62. The summed E-state index contributed by atoms with van der Waals surface area (Å²) in [5, 5.41) is 18.2. The van der Waals surface area contributed by atoms with Crippen LogP contribution in [0.3, 0.4) is 0 Å². The van der Waals surface area contributed by atoms with Crippen LogP contribution in [0.25, 0.3) is 0 Å². The Morgan fingerprint density at radius 2 is 2.07 bits per heavy atom. The number of rotatable bonds is 4. The summed E-state index contributed by atoms with van der Waals surface area (Å²) in [5.41, 5.74) is 0.590. The number of carbonyl (C=O) groups is 1. The molecule has 0 spiro atoms. The van der Waals surface area contributed by atoms with Gasteiger partial charge in [0, 0.05) is 44.0 Å². The minimum atomic E-state index is -0.0134. The molecule has 140 valence electrons. The standard InChI is InChI=1S/C19H22N6O2/c1-23-17(12-24-10-8-20-13-24)21-22-18(23)15-3-2-9-25(11-15)19(27)14-4-6-16(26)7-5-14/h4-8,10,13,15,26H,2-3,9,11-12H2,1H3/t15-/m1/s1. The van der Waals surface area contributed by atoms with E-state index in [9.17, 15) is 9.90 Å². The van der Waals surface area contributed by atoms with Crippen molar-refractivity contribution in [1.82, 2.24) is 29.2 Å². The third kappa shape index (κ3) is 3.55. The molecule has 1 atom stereocenters. The van der Waals surface area contributed by atoms with Gasteiger partial charge in [-0.1, -0.05) is 0 Å². The van der Waals surface area contributed by atoms with Crippen LogP contribution in [0.5, 0.6) is 5.75 Å². The second kappa shape index (κ2) is 7.22. The summed E-state index contributed by atoms with van der Waals surface area (Å²) >= 11 is 0. The molecule has 8 nitrogen and oxygen atoms in total. The van der Waals surface area contributed by atoms with E-state index in [4.69, 9.17) is 0 Å². The van der Waals surface area contributed by atoms with Crippen LogP contribution in [0.4, 0.5) is 0 Å². The molecule has 2 aromatic heterocycles. The van der Waals surface area contributed by atoms with Crippen LogP contribution in [0.15, 0.2) is 43.0 Å². The molecule has 3 aromatic rings. The monoisotopic (exact) mass is 366 g/mol. The molecule has 0 radical (unpaired) electrons. The molecule has 27 heavy (non-hydrogen) atoms. The van der Waals surface area contributed by atoms with Crippen LogP contribution in [0.1, 0.15) is 40.8 Å². The van der Waals surface area contributed by atoms with Crippen LogP contribution in [0, 0.1) is 0 Å². The number of likely N-dealkylation sites (tertiary alicyclic amines) is 1. The van der Waals surface area contributed by atoms with Gasteiger partial charge >= 0.3 is 0 Å². The average molecular weight is 366 g/mol. The fourth-order valence-corrected chi connectivity index (χ4v) is 3.57. The van der Waals surface area contributed by atoms with E-state index in [1.165, 1.54) is 0 Å². The minimum Gasteiger partial charge on any atom is -0.508 e. The highest BCUT2D eigenvalue weighted by Gasteiger charge is 2.28. The van der Waals surface area contributed by atoms with Crippen molar-refractivity contribution in [3.05, 3.63) is 60.2 Å². The lowest BCUT2D eigenvalue weighted by Crippen LogP contribution is -2.39. The number of aromatic nitrogens is 5. The van der Waals surface area contributed by atoms with Crippen molar-refractivity contribution in [1.29, 1.82) is 0 Å². The fourth-order valence-electron chi connectivity index (χ4n) is 3.57. The van der Waals surface area contributed by atoms with E-state index in [2.05, 4.69) is 15.2 Å². The van der Waals surface area contributed by atoms with Gasteiger partial charge in [0.2, 0.25) is 0 Å². The van der Waals surface area contributed by atoms with E-state index in [1.54, 1.807) is 36.8 Å². The molecule has 3 heterocycles. The SMILES string of the molecule is Cn1c(Cn2ccnc2)nnc1[C@@H]1CCCN(C(=O)c2ccc(O)cc2)C1. The summed E-state index contributed by atoms with van der Waals surface area (Å²) in [4.78, 5) is 18.7. The van der Waals surface area contributed by atoms with Gasteiger partial charge in [-0.25, -0.2) is 4.98 Å². The zero-order valence-electron chi connectivity index (χ0n) is 15.2.